The Morgan fingerprint density at radius 1 is 1.24 bits per heavy atom. The van der Waals surface area contributed by atoms with Crippen LogP contribution in [-0.4, -0.2) is 21.6 Å². The van der Waals surface area contributed by atoms with E-state index in [0.717, 1.165) is 5.56 Å². The van der Waals surface area contributed by atoms with Gasteiger partial charge in [0.15, 0.2) is 0 Å². The number of nitrogens with one attached hydrogen (secondary N) is 1. The normalized spacial score (nSPS) is 12.1. The van der Waals surface area contributed by atoms with Crippen LogP contribution in [0, 0.1) is 0 Å². The maximum atomic E-state index is 9.91. The van der Waals surface area contributed by atoms with Gasteiger partial charge in [0, 0.05) is 12.6 Å². The Morgan fingerprint density at radius 2 is 2.00 bits per heavy atom. The third-order valence-corrected chi connectivity index (χ3v) is 2.50. The Bertz CT molecular complexity index is 478. The van der Waals surface area contributed by atoms with Crippen molar-refractivity contribution in [3.05, 3.63) is 53.4 Å². The fourth-order valence-corrected chi connectivity index (χ4v) is 1.57. The smallest absolute Gasteiger partial charge is 0.134 e. The molecule has 0 saturated carbocycles. The first kappa shape index (κ1) is 11.8. The van der Waals surface area contributed by atoms with Crippen LogP contribution in [-0.2, 0) is 0 Å². The van der Waals surface area contributed by atoms with Gasteiger partial charge in [0.1, 0.15) is 17.3 Å². The van der Waals surface area contributed by atoms with Crippen molar-refractivity contribution in [1.29, 1.82) is 0 Å². The summed E-state index contributed by atoms with van der Waals surface area (Å²) in [5.41, 5.74) is 0.861. The largest absolute Gasteiger partial charge is 0.387 e. The van der Waals surface area contributed by atoms with E-state index < -0.39 is 6.10 Å². The van der Waals surface area contributed by atoms with Gasteiger partial charge in [0.25, 0.3) is 0 Å². The molecular formula is C12H12ClN3O. The Morgan fingerprint density at radius 3 is 2.71 bits per heavy atom. The first-order valence-corrected chi connectivity index (χ1v) is 5.58. The SMILES string of the molecule is O[C@@H](CNc1cc(Cl)ncn1)c1ccccc1. The van der Waals surface area contributed by atoms with Crippen molar-refractivity contribution in [2.45, 2.75) is 6.10 Å². The number of rotatable bonds is 4. The van der Waals surface area contributed by atoms with Crippen LogP contribution in [0.25, 0.3) is 0 Å². The predicted octanol–water partition coefficient (Wildman–Crippen LogP) is 2.28. The van der Waals surface area contributed by atoms with Gasteiger partial charge in [0.05, 0.1) is 6.10 Å². The van der Waals surface area contributed by atoms with E-state index in [9.17, 15) is 5.11 Å². The van der Waals surface area contributed by atoms with E-state index in [4.69, 9.17) is 11.6 Å². The molecule has 0 spiro atoms. The van der Waals surface area contributed by atoms with Crippen molar-refractivity contribution in [1.82, 2.24) is 9.97 Å². The highest BCUT2D eigenvalue weighted by Crippen LogP contribution is 2.14. The monoisotopic (exact) mass is 249 g/mol. The topological polar surface area (TPSA) is 58.0 Å². The summed E-state index contributed by atoms with van der Waals surface area (Å²) in [5, 5.41) is 13.3. The number of aliphatic hydroxyl groups is 1. The van der Waals surface area contributed by atoms with Crippen molar-refractivity contribution in [2.24, 2.45) is 0 Å². The maximum absolute atomic E-state index is 9.91. The molecule has 88 valence electrons. The summed E-state index contributed by atoms with van der Waals surface area (Å²) >= 11 is 5.72. The molecule has 0 fully saturated rings. The van der Waals surface area contributed by atoms with E-state index in [1.54, 1.807) is 6.07 Å². The minimum absolute atomic E-state index is 0.372. The summed E-state index contributed by atoms with van der Waals surface area (Å²) in [6.45, 7) is 0.372. The van der Waals surface area contributed by atoms with Crippen molar-refractivity contribution in [2.75, 3.05) is 11.9 Å². The van der Waals surface area contributed by atoms with E-state index in [2.05, 4.69) is 15.3 Å². The molecule has 0 aliphatic heterocycles. The van der Waals surface area contributed by atoms with Gasteiger partial charge in [-0.3, -0.25) is 0 Å². The fraction of sp³-hybridized carbons (Fsp3) is 0.167. The number of aliphatic hydroxyl groups excluding tert-OH is 1. The summed E-state index contributed by atoms with van der Waals surface area (Å²) < 4.78 is 0. The molecule has 2 rings (SSSR count). The third kappa shape index (κ3) is 3.41. The van der Waals surface area contributed by atoms with Crippen LogP contribution in [0.3, 0.4) is 0 Å². The van der Waals surface area contributed by atoms with Gasteiger partial charge < -0.3 is 10.4 Å². The van der Waals surface area contributed by atoms with Crippen LogP contribution < -0.4 is 5.32 Å². The average Bonchev–Trinajstić information content (AvgIpc) is 2.37. The molecule has 1 aromatic carbocycles. The first-order chi connectivity index (χ1) is 8.25. The number of nitrogens with zero attached hydrogens (tertiary/aromatic N) is 2. The molecule has 0 aliphatic rings. The van der Waals surface area contributed by atoms with Gasteiger partial charge in [-0.05, 0) is 5.56 Å². The molecule has 0 aliphatic carbocycles. The molecule has 1 aromatic heterocycles. The zero-order valence-electron chi connectivity index (χ0n) is 9.05. The molecule has 4 nitrogen and oxygen atoms in total. The van der Waals surface area contributed by atoms with Crippen LogP contribution in [0.4, 0.5) is 5.82 Å². The molecule has 0 radical (unpaired) electrons. The molecule has 1 heterocycles. The lowest BCUT2D eigenvalue weighted by molar-refractivity contribution is 0.191. The summed E-state index contributed by atoms with van der Waals surface area (Å²) in [6.07, 6.45) is 0.796. The zero-order valence-corrected chi connectivity index (χ0v) is 9.80. The summed E-state index contributed by atoms with van der Waals surface area (Å²) in [4.78, 5) is 7.76. The highest BCUT2D eigenvalue weighted by Gasteiger charge is 2.06. The molecule has 5 heteroatoms. The van der Waals surface area contributed by atoms with Crippen LogP contribution >= 0.6 is 11.6 Å². The highest BCUT2D eigenvalue weighted by atomic mass is 35.5. The summed E-state index contributed by atoms with van der Waals surface area (Å²) in [7, 11) is 0. The number of hydrogen-bond donors (Lipinski definition) is 2. The van der Waals surface area contributed by atoms with Crippen molar-refractivity contribution in [3.8, 4) is 0 Å². The molecular weight excluding hydrogens is 238 g/mol. The molecule has 2 N–H and O–H groups in total. The fourth-order valence-electron chi connectivity index (χ4n) is 1.42. The van der Waals surface area contributed by atoms with Crippen LogP contribution in [0.2, 0.25) is 5.15 Å². The second kappa shape index (κ2) is 5.61. The number of aromatic nitrogens is 2. The van der Waals surface area contributed by atoms with Gasteiger partial charge in [-0.15, -0.1) is 0 Å². The van der Waals surface area contributed by atoms with Crippen molar-refractivity contribution in [3.63, 3.8) is 0 Å². The summed E-state index contributed by atoms with van der Waals surface area (Å²) in [6, 6.07) is 11.0. The summed E-state index contributed by atoms with van der Waals surface area (Å²) in [5.74, 6) is 0.597. The van der Waals surface area contributed by atoms with Crippen LogP contribution in [0.15, 0.2) is 42.7 Å². The maximum Gasteiger partial charge on any atom is 0.134 e. The van der Waals surface area contributed by atoms with Gasteiger partial charge in [0.2, 0.25) is 0 Å². The van der Waals surface area contributed by atoms with Crippen LogP contribution in [0.1, 0.15) is 11.7 Å². The molecule has 0 bridgehead atoms. The van der Waals surface area contributed by atoms with E-state index in [-0.39, 0.29) is 0 Å². The molecule has 1 atom stereocenters. The molecule has 0 amide bonds. The predicted molar refractivity (Wildman–Crippen MR) is 66.9 cm³/mol. The van der Waals surface area contributed by atoms with Crippen LogP contribution in [0.5, 0.6) is 0 Å². The Labute approximate surface area is 104 Å². The Kier molecular flexibility index (Phi) is 3.90. The lowest BCUT2D eigenvalue weighted by atomic mass is 10.1. The number of anilines is 1. The van der Waals surface area contributed by atoms with Gasteiger partial charge >= 0.3 is 0 Å². The average molecular weight is 250 g/mol. The molecule has 0 unspecified atom stereocenters. The lowest BCUT2D eigenvalue weighted by Gasteiger charge is -2.12. The first-order valence-electron chi connectivity index (χ1n) is 5.20. The second-order valence-corrected chi connectivity index (χ2v) is 3.92. The van der Waals surface area contributed by atoms with Crippen molar-refractivity contribution >= 4 is 17.4 Å². The molecule has 0 saturated heterocycles. The zero-order chi connectivity index (χ0) is 12.1. The van der Waals surface area contributed by atoms with E-state index >= 15 is 0 Å². The Balaban J connectivity index is 1.95. The Hall–Kier alpha value is -1.65. The van der Waals surface area contributed by atoms with Gasteiger partial charge in [-0.1, -0.05) is 41.9 Å². The second-order valence-electron chi connectivity index (χ2n) is 3.53. The van der Waals surface area contributed by atoms with Crippen molar-refractivity contribution < 1.29 is 5.11 Å². The number of benzene rings is 1. The minimum atomic E-state index is -0.579. The lowest BCUT2D eigenvalue weighted by Crippen LogP contribution is -2.12. The van der Waals surface area contributed by atoms with Gasteiger partial charge in [-0.25, -0.2) is 9.97 Å². The molecule has 2 aromatic rings. The number of halogens is 1. The van der Waals surface area contributed by atoms with Gasteiger partial charge in [-0.2, -0.15) is 0 Å². The van der Waals surface area contributed by atoms with E-state index in [0.29, 0.717) is 17.5 Å². The quantitative estimate of drug-likeness (QED) is 0.817. The third-order valence-electron chi connectivity index (χ3n) is 2.29. The molecule has 17 heavy (non-hydrogen) atoms. The minimum Gasteiger partial charge on any atom is -0.387 e. The standard InChI is InChI=1S/C12H12ClN3O/c13-11-6-12(16-8-15-11)14-7-10(17)9-4-2-1-3-5-9/h1-6,8,10,17H,7H2,(H,14,15,16)/t10-/m0/s1. The highest BCUT2D eigenvalue weighted by molar-refractivity contribution is 6.29. The van der Waals surface area contributed by atoms with E-state index in [1.807, 2.05) is 30.3 Å². The number of hydrogen-bond acceptors (Lipinski definition) is 4. The van der Waals surface area contributed by atoms with E-state index in [1.165, 1.54) is 6.33 Å².